The Morgan fingerprint density at radius 1 is 1.21 bits per heavy atom. The number of piperazine rings is 1. The zero-order valence-electron chi connectivity index (χ0n) is 21.4. The fraction of sp³-hybridized carbons (Fsp3) is 0.480. The van der Waals surface area contributed by atoms with Gasteiger partial charge in [0.15, 0.2) is 0 Å². The number of benzene rings is 1. The molecule has 4 N–H and O–H groups in total. The van der Waals surface area contributed by atoms with E-state index in [1.165, 1.54) is 13.3 Å². The van der Waals surface area contributed by atoms with E-state index < -0.39 is 11.9 Å². The number of halogens is 1. The Bertz CT molecular complexity index is 1190. The molecule has 4 rings (SSSR count). The van der Waals surface area contributed by atoms with Crippen LogP contribution in [-0.4, -0.2) is 83.8 Å². The van der Waals surface area contributed by atoms with Gasteiger partial charge in [0, 0.05) is 38.9 Å². The normalized spacial score (nSPS) is 19.6. The molecule has 204 valence electrons. The minimum absolute atomic E-state index is 0.0593. The second-order valence-corrected chi connectivity index (χ2v) is 9.83. The Morgan fingerprint density at radius 3 is 2.66 bits per heavy atom. The minimum atomic E-state index is -0.672. The molecule has 0 atom stereocenters. The zero-order chi connectivity index (χ0) is 27.2. The third-order valence-corrected chi connectivity index (χ3v) is 6.99. The number of imide groups is 1. The van der Waals surface area contributed by atoms with Gasteiger partial charge >= 0.3 is 6.03 Å². The summed E-state index contributed by atoms with van der Waals surface area (Å²) >= 11 is 6.25. The van der Waals surface area contributed by atoms with Crippen molar-refractivity contribution >= 4 is 41.2 Å². The van der Waals surface area contributed by atoms with Crippen LogP contribution >= 0.6 is 11.6 Å². The van der Waals surface area contributed by atoms with Gasteiger partial charge in [-0.15, -0.1) is 0 Å². The third-order valence-electron chi connectivity index (χ3n) is 6.70. The molecule has 1 saturated carbocycles. The van der Waals surface area contributed by atoms with Crippen LogP contribution in [0.4, 0.5) is 16.6 Å². The summed E-state index contributed by atoms with van der Waals surface area (Å²) in [6.45, 7) is 1.46. The van der Waals surface area contributed by atoms with Crippen LogP contribution in [-0.2, 0) is 11.3 Å². The van der Waals surface area contributed by atoms with Gasteiger partial charge < -0.3 is 30.3 Å². The summed E-state index contributed by atoms with van der Waals surface area (Å²) in [5.41, 5.74) is 0.886. The van der Waals surface area contributed by atoms with Crippen molar-refractivity contribution in [1.82, 2.24) is 25.5 Å². The predicted molar refractivity (Wildman–Crippen MR) is 141 cm³/mol. The van der Waals surface area contributed by atoms with E-state index in [1.807, 2.05) is 6.07 Å². The first kappa shape index (κ1) is 27.4. The average Bonchev–Trinajstić information content (AvgIpc) is 2.90. The molecule has 2 heterocycles. The van der Waals surface area contributed by atoms with E-state index in [2.05, 4.69) is 25.9 Å². The van der Waals surface area contributed by atoms with E-state index in [9.17, 15) is 19.5 Å². The molecule has 38 heavy (non-hydrogen) atoms. The second-order valence-electron chi connectivity index (χ2n) is 9.42. The fourth-order valence-corrected chi connectivity index (χ4v) is 4.65. The molecule has 1 aromatic carbocycles. The van der Waals surface area contributed by atoms with Crippen molar-refractivity contribution in [2.24, 2.45) is 0 Å². The van der Waals surface area contributed by atoms with Crippen molar-refractivity contribution < 1.29 is 24.2 Å². The molecular weight excluding hydrogens is 514 g/mol. The fourth-order valence-electron chi connectivity index (χ4n) is 4.37. The van der Waals surface area contributed by atoms with E-state index in [-0.39, 0.29) is 42.5 Å². The third kappa shape index (κ3) is 6.81. The standard InChI is InChI=1S/C25H32ClN7O5/c1-32-9-10-33(14-21(32)35)24-28-13-18(23(36)31-25(37)29-16-4-6-17(34)7-5-16)22(30-24)27-12-15-3-8-20(38-2)19(26)11-15/h3,8,11,13,16-17,34H,4-7,9-10,12,14H2,1-2H3,(H,27,28,30)(H2,29,31,36,37). The molecule has 0 radical (unpaired) electrons. The first-order chi connectivity index (χ1) is 18.2. The first-order valence-electron chi connectivity index (χ1n) is 12.5. The van der Waals surface area contributed by atoms with Crippen molar-refractivity contribution in [2.75, 3.05) is 44.0 Å². The highest BCUT2D eigenvalue weighted by molar-refractivity contribution is 6.32. The van der Waals surface area contributed by atoms with Crippen LogP contribution in [0, 0.1) is 0 Å². The number of aliphatic hydroxyl groups excluding tert-OH is 1. The summed E-state index contributed by atoms with van der Waals surface area (Å²) in [4.78, 5) is 50.0. The monoisotopic (exact) mass is 545 g/mol. The van der Waals surface area contributed by atoms with Crippen molar-refractivity contribution in [1.29, 1.82) is 0 Å². The number of anilines is 2. The molecule has 0 bridgehead atoms. The highest BCUT2D eigenvalue weighted by atomic mass is 35.5. The summed E-state index contributed by atoms with van der Waals surface area (Å²) in [6, 6.07) is 4.56. The van der Waals surface area contributed by atoms with Crippen molar-refractivity contribution in [3.63, 3.8) is 0 Å². The number of carbonyl (C=O) groups excluding carboxylic acids is 3. The van der Waals surface area contributed by atoms with Gasteiger partial charge in [-0.25, -0.2) is 9.78 Å². The largest absolute Gasteiger partial charge is 0.495 e. The van der Waals surface area contributed by atoms with Gasteiger partial charge in [-0.05, 0) is 43.4 Å². The lowest BCUT2D eigenvalue weighted by atomic mass is 9.93. The number of rotatable bonds is 7. The van der Waals surface area contributed by atoms with Crippen LogP contribution in [0.1, 0.15) is 41.6 Å². The van der Waals surface area contributed by atoms with Crippen molar-refractivity contribution in [2.45, 2.75) is 44.4 Å². The van der Waals surface area contributed by atoms with Gasteiger partial charge in [-0.2, -0.15) is 4.98 Å². The Balaban J connectivity index is 1.51. The van der Waals surface area contributed by atoms with Gasteiger partial charge in [0.1, 0.15) is 17.1 Å². The van der Waals surface area contributed by atoms with Gasteiger partial charge in [0.05, 0.1) is 24.8 Å². The summed E-state index contributed by atoms with van der Waals surface area (Å²) in [5, 5.41) is 18.4. The predicted octanol–water partition coefficient (Wildman–Crippen LogP) is 1.77. The van der Waals surface area contributed by atoms with Crippen LogP contribution in [0.25, 0.3) is 0 Å². The summed E-state index contributed by atoms with van der Waals surface area (Å²) in [5.74, 6) is 0.312. The number of hydrogen-bond donors (Lipinski definition) is 4. The number of urea groups is 1. The molecule has 1 aromatic heterocycles. The van der Waals surface area contributed by atoms with Gasteiger partial charge in [0.25, 0.3) is 5.91 Å². The number of aromatic nitrogens is 2. The first-order valence-corrected chi connectivity index (χ1v) is 12.8. The number of hydrogen-bond acceptors (Lipinski definition) is 9. The summed E-state index contributed by atoms with van der Waals surface area (Å²) in [6.07, 6.45) is 3.48. The van der Waals surface area contributed by atoms with Gasteiger partial charge in [-0.3, -0.25) is 14.9 Å². The maximum Gasteiger partial charge on any atom is 0.321 e. The molecular formula is C25H32ClN7O5. The molecule has 2 aromatic rings. The highest BCUT2D eigenvalue weighted by Gasteiger charge is 2.26. The number of methoxy groups -OCH3 is 1. The number of ether oxygens (including phenoxy) is 1. The molecule has 4 amide bonds. The molecule has 13 heteroatoms. The average molecular weight is 546 g/mol. The van der Waals surface area contributed by atoms with E-state index >= 15 is 0 Å². The Labute approximate surface area is 225 Å². The number of aliphatic hydroxyl groups is 1. The molecule has 0 unspecified atom stereocenters. The molecule has 2 fully saturated rings. The number of carbonyl (C=O) groups is 3. The Hall–Kier alpha value is -3.64. The molecule has 0 spiro atoms. The SMILES string of the molecule is COc1ccc(CNc2nc(N3CCN(C)C(=O)C3)ncc2C(=O)NC(=O)NC2CCC(O)CC2)cc1Cl. The topological polar surface area (TPSA) is 149 Å². The quantitative estimate of drug-likeness (QED) is 0.408. The molecule has 1 aliphatic heterocycles. The van der Waals surface area contributed by atoms with Crippen LogP contribution in [0.5, 0.6) is 5.75 Å². The highest BCUT2D eigenvalue weighted by Crippen LogP contribution is 2.26. The lowest BCUT2D eigenvalue weighted by Crippen LogP contribution is -2.49. The van der Waals surface area contributed by atoms with E-state index in [4.69, 9.17) is 16.3 Å². The van der Waals surface area contributed by atoms with Crippen molar-refractivity contribution in [3.8, 4) is 5.75 Å². The van der Waals surface area contributed by atoms with E-state index in [0.717, 1.165) is 5.56 Å². The number of nitrogens with zero attached hydrogens (tertiary/aromatic N) is 4. The van der Waals surface area contributed by atoms with Crippen LogP contribution in [0.15, 0.2) is 24.4 Å². The minimum Gasteiger partial charge on any atom is -0.495 e. The Kier molecular flexibility index (Phi) is 8.85. The molecule has 1 aliphatic carbocycles. The smallest absolute Gasteiger partial charge is 0.321 e. The number of amides is 4. The van der Waals surface area contributed by atoms with E-state index in [0.29, 0.717) is 55.5 Å². The maximum absolute atomic E-state index is 13.1. The molecule has 12 nitrogen and oxygen atoms in total. The molecule has 1 saturated heterocycles. The van der Waals surface area contributed by atoms with Crippen LogP contribution in [0.3, 0.4) is 0 Å². The maximum atomic E-state index is 13.1. The number of nitrogens with one attached hydrogen (secondary N) is 3. The second kappa shape index (κ2) is 12.3. The lowest BCUT2D eigenvalue weighted by Gasteiger charge is -2.32. The van der Waals surface area contributed by atoms with Gasteiger partial charge in [-0.1, -0.05) is 17.7 Å². The van der Waals surface area contributed by atoms with Crippen LogP contribution < -0.4 is 25.6 Å². The summed E-state index contributed by atoms with van der Waals surface area (Å²) in [7, 11) is 3.27. The van der Waals surface area contributed by atoms with E-state index in [1.54, 1.807) is 29.0 Å². The summed E-state index contributed by atoms with van der Waals surface area (Å²) < 4.78 is 5.20. The number of likely N-dealkylation sites (N-methyl/N-ethyl adjacent to an activating group) is 1. The molecule has 2 aliphatic rings. The lowest BCUT2D eigenvalue weighted by molar-refractivity contribution is -0.129. The van der Waals surface area contributed by atoms with Crippen molar-refractivity contribution in [3.05, 3.63) is 40.5 Å². The Morgan fingerprint density at radius 2 is 1.97 bits per heavy atom. The zero-order valence-corrected chi connectivity index (χ0v) is 22.1. The van der Waals surface area contributed by atoms with Crippen LogP contribution in [0.2, 0.25) is 5.02 Å². The van der Waals surface area contributed by atoms with Gasteiger partial charge in [0.2, 0.25) is 11.9 Å².